The van der Waals surface area contributed by atoms with Crippen LogP contribution in [0.5, 0.6) is 0 Å². The lowest BCUT2D eigenvalue weighted by Crippen LogP contribution is -2.43. The van der Waals surface area contributed by atoms with Gasteiger partial charge >= 0.3 is 0 Å². The number of hydrogen-bond acceptors (Lipinski definition) is 7. The normalized spacial score (nSPS) is 28.5. The van der Waals surface area contributed by atoms with Crippen LogP contribution in [0.2, 0.25) is 0 Å². The molecule has 214 valence electrons. The Balaban J connectivity index is 1.36. The molecule has 4 fully saturated rings. The van der Waals surface area contributed by atoms with Crippen LogP contribution in [-0.4, -0.2) is 99.4 Å². The van der Waals surface area contributed by atoms with Gasteiger partial charge in [-0.25, -0.2) is 0 Å². The molecule has 1 amide bonds. The average Bonchev–Trinajstić information content (AvgIpc) is 3.57. The Morgan fingerprint density at radius 1 is 1.11 bits per heavy atom. The van der Waals surface area contributed by atoms with Crippen molar-refractivity contribution in [2.24, 2.45) is 17.3 Å². The van der Waals surface area contributed by atoms with E-state index < -0.39 is 0 Å². The molecule has 1 N–H and O–H groups in total. The number of hydrogen-bond donors (Lipinski definition) is 1. The fourth-order valence-electron chi connectivity index (χ4n) is 7.96. The zero-order valence-corrected chi connectivity index (χ0v) is 24.3. The molecule has 0 saturated heterocycles. The number of amides is 1. The SMILES string of the molecule is CNCCN(C)Cc1nn2c(c1C1CCC(COC)(COC)CC1)CN(C(=O)[C@@H]1CC3(OC)CC1C3)CC2. The molecule has 9 heteroatoms. The van der Waals surface area contributed by atoms with E-state index in [0.717, 1.165) is 90.9 Å². The monoisotopic (exact) mass is 531 g/mol. The third kappa shape index (κ3) is 5.29. The van der Waals surface area contributed by atoms with E-state index in [1.807, 2.05) is 14.2 Å². The standard InChI is InChI=1S/C29H49N5O4/c1-30-10-11-32(2)17-24-26(21-6-8-28(9-7-21,19-36-3)20-37-4)25-18-33(12-13-34(25)31-24)27(35)23-16-29(38-5)14-22(23)15-29/h21-23,30H,6-20H2,1-5H3/t22?,23-,29?/m1/s1. The molecule has 2 bridgehead atoms. The van der Waals surface area contributed by atoms with E-state index in [0.29, 0.717) is 24.3 Å². The highest BCUT2D eigenvalue weighted by Crippen LogP contribution is 2.58. The fourth-order valence-corrected chi connectivity index (χ4v) is 7.96. The van der Waals surface area contributed by atoms with Crippen LogP contribution in [0.25, 0.3) is 0 Å². The summed E-state index contributed by atoms with van der Waals surface area (Å²) >= 11 is 0. The molecule has 0 radical (unpaired) electrons. The smallest absolute Gasteiger partial charge is 0.226 e. The van der Waals surface area contributed by atoms with Crippen LogP contribution in [-0.2, 0) is 38.6 Å². The molecule has 0 aromatic carbocycles. The Bertz CT molecular complexity index is 958. The van der Waals surface area contributed by atoms with Gasteiger partial charge in [0.2, 0.25) is 5.91 Å². The van der Waals surface area contributed by atoms with Gasteiger partial charge in [0.15, 0.2) is 0 Å². The van der Waals surface area contributed by atoms with Crippen LogP contribution in [0.3, 0.4) is 0 Å². The second kappa shape index (κ2) is 11.5. The lowest BCUT2D eigenvalue weighted by molar-refractivity contribution is -0.137. The summed E-state index contributed by atoms with van der Waals surface area (Å²) in [6.45, 7) is 6.47. The highest BCUT2D eigenvalue weighted by molar-refractivity contribution is 5.80. The summed E-state index contributed by atoms with van der Waals surface area (Å²) in [7, 11) is 9.57. The van der Waals surface area contributed by atoms with Gasteiger partial charge in [-0.05, 0) is 70.9 Å². The first-order valence-corrected chi connectivity index (χ1v) is 14.6. The van der Waals surface area contributed by atoms with Crippen molar-refractivity contribution in [3.05, 3.63) is 17.0 Å². The third-order valence-corrected chi connectivity index (χ3v) is 10.1. The van der Waals surface area contributed by atoms with Crippen LogP contribution < -0.4 is 5.32 Å². The van der Waals surface area contributed by atoms with Crippen LogP contribution in [0.1, 0.15) is 67.8 Å². The number of nitrogens with one attached hydrogen (secondary N) is 1. The zero-order valence-electron chi connectivity index (χ0n) is 24.3. The van der Waals surface area contributed by atoms with Crippen molar-refractivity contribution in [2.45, 2.75) is 76.1 Å². The lowest BCUT2D eigenvalue weighted by Gasteiger charge is -2.40. The van der Waals surface area contributed by atoms with Gasteiger partial charge in [0.25, 0.3) is 0 Å². The number of nitrogens with zero attached hydrogens (tertiary/aromatic N) is 4. The van der Waals surface area contributed by atoms with Gasteiger partial charge in [0, 0.05) is 64.4 Å². The number of likely N-dealkylation sites (N-methyl/N-ethyl adjacent to an activating group) is 2. The molecule has 1 atom stereocenters. The molecule has 1 aromatic rings. The summed E-state index contributed by atoms with van der Waals surface area (Å²) in [6.07, 6.45) is 7.37. The van der Waals surface area contributed by atoms with Gasteiger partial charge in [0.1, 0.15) is 0 Å². The highest BCUT2D eigenvalue weighted by Gasteiger charge is 2.59. The van der Waals surface area contributed by atoms with Crippen molar-refractivity contribution in [3.8, 4) is 0 Å². The fraction of sp³-hybridized carbons (Fsp3) is 0.862. The summed E-state index contributed by atoms with van der Waals surface area (Å²) in [5.74, 6) is 1.41. The molecule has 2 heterocycles. The Morgan fingerprint density at radius 2 is 1.82 bits per heavy atom. The van der Waals surface area contributed by atoms with Crippen LogP contribution in [0.4, 0.5) is 0 Å². The maximum atomic E-state index is 13.7. The van der Waals surface area contributed by atoms with E-state index in [1.165, 1.54) is 17.0 Å². The van der Waals surface area contributed by atoms with E-state index >= 15 is 0 Å². The number of aromatic nitrogens is 2. The minimum absolute atomic E-state index is 0.0299. The minimum Gasteiger partial charge on any atom is -0.384 e. The molecular formula is C29H49N5O4. The Kier molecular flexibility index (Phi) is 8.50. The van der Waals surface area contributed by atoms with E-state index in [2.05, 4.69) is 26.8 Å². The van der Waals surface area contributed by atoms with E-state index in [-0.39, 0.29) is 16.9 Å². The van der Waals surface area contributed by atoms with E-state index in [4.69, 9.17) is 19.3 Å². The van der Waals surface area contributed by atoms with Crippen molar-refractivity contribution in [3.63, 3.8) is 0 Å². The number of methoxy groups -OCH3 is 3. The van der Waals surface area contributed by atoms with Crippen molar-refractivity contribution >= 4 is 5.91 Å². The summed E-state index contributed by atoms with van der Waals surface area (Å²) in [4.78, 5) is 18.2. The maximum Gasteiger partial charge on any atom is 0.226 e. The van der Waals surface area contributed by atoms with Gasteiger partial charge in [0.05, 0.1) is 43.3 Å². The van der Waals surface area contributed by atoms with Gasteiger partial charge in [-0.15, -0.1) is 0 Å². The lowest BCUT2D eigenvalue weighted by atomic mass is 9.69. The van der Waals surface area contributed by atoms with Gasteiger partial charge in [-0.1, -0.05) is 0 Å². The predicted molar refractivity (Wildman–Crippen MR) is 146 cm³/mol. The molecule has 1 aromatic heterocycles. The summed E-state index contributed by atoms with van der Waals surface area (Å²) < 4.78 is 19.3. The molecular weight excluding hydrogens is 482 g/mol. The Hall–Kier alpha value is -1.52. The zero-order chi connectivity index (χ0) is 26.9. The van der Waals surface area contributed by atoms with Gasteiger partial charge < -0.3 is 24.4 Å². The van der Waals surface area contributed by atoms with Crippen LogP contribution in [0, 0.1) is 17.3 Å². The van der Waals surface area contributed by atoms with Crippen molar-refractivity contribution in [1.29, 1.82) is 0 Å². The first-order chi connectivity index (χ1) is 18.4. The molecule has 4 aliphatic carbocycles. The van der Waals surface area contributed by atoms with Crippen molar-refractivity contribution in [2.75, 3.05) is 68.3 Å². The molecule has 1 aliphatic heterocycles. The molecule has 6 rings (SSSR count). The average molecular weight is 532 g/mol. The Labute approximate surface area is 228 Å². The maximum absolute atomic E-state index is 13.7. The first-order valence-electron chi connectivity index (χ1n) is 14.6. The van der Waals surface area contributed by atoms with E-state index in [1.54, 1.807) is 14.2 Å². The molecule has 5 aliphatic rings. The van der Waals surface area contributed by atoms with Crippen LogP contribution >= 0.6 is 0 Å². The first kappa shape index (κ1) is 28.0. The molecule has 38 heavy (non-hydrogen) atoms. The number of fused-ring (bicyclic) bond motifs is 2. The predicted octanol–water partition coefficient (Wildman–Crippen LogP) is 2.63. The quantitative estimate of drug-likeness (QED) is 0.444. The second-order valence-corrected chi connectivity index (χ2v) is 12.6. The molecule has 0 spiro atoms. The molecule has 0 unspecified atom stereocenters. The third-order valence-electron chi connectivity index (χ3n) is 10.1. The van der Waals surface area contributed by atoms with Gasteiger partial charge in [-0.2, -0.15) is 5.10 Å². The number of ether oxygens (including phenoxy) is 3. The van der Waals surface area contributed by atoms with Gasteiger partial charge in [-0.3, -0.25) is 14.4 Å². The topological polar surface area (TPSA) is 81.1 Å². The van der Waals surface area contributed by atoms with Crippen molar-refractivity contribution < 1.29 is 19.0 Å². The second-order valence-electron chi connectivity index (χ2n) is 12.6. The summed E-state index contributed by atoms with van der Waals surface area (Å²) in [6, 6.07) is 0. The minimum atomic E-state index is -0.0299. The number of carbonyl (C=O) groups excluding carboxylic acids is 1. The number of carbonyl (C=O) groups is 1. The summed E-state index contributed by atoms with van der Waals surface area (Å²) in [5.41, 5.74) is 3.94. The summed E-state index contributed by atoms with van der Waals surface area (Å²) in [5, 5.41) is 8.43. The van der Waals surface area contributed by atoms with E-state index in [9.17, 15) is 4.79 Å². The largest absolute Gasteiger partial charge is 0.384 e. The molecule has 4 saturated carbocycles. The highest BCUT2D eigenvalue weighted by atomic mass is 16.5. The van der Waals surface area contributed by atoms with Crippen molar-refractivity contribution in [1.82, 2.24) is 24.9 Å². The van der Waals surface area contributed by atoms with Crippen LogP contribution in [0.15, 0.2) is 0 Å². The Morgan fingerprint density at radius 3 is 2.42 bits per heavy atom. The molecule has 9 nitrogen and oxygen atoms in total. The number of rotatable bonds is 12.